The lowest BCUT2D eigenvalue weighted by atomic mass is 9.93. The second-order valence-corrected chi connectivity index (χ2v) is 5.05. The Morgan fingerprint density at radius 3 is 3.07 bits per heavy atom. The van der Waals surface area contributed by atoms with Gasteiger partial charge in [-0.1, -0.05) is 0 Å². The first-order valence-corrected chi connectivity index (χ1v) is 6.46. The highest BCUT2D eigenvalue weighted by Crippen LogP contribution is 2.19. The van der Waals surface area contributed by atoms with Gasteiger partial charge in [-0.2, -0.15) is 11.8 Å². The number of carbonyl (C=O) groups excluding carboxylic acids is 1. The van der Waals surface area contributed by atoms with Crippen LogP contribution >= 0.6 is 11.8 Å². The van der Waals surface area contributed by atoms with Gasteiger partial charge in [0.2, 0.25) is 0 Å². The van der Waals surface area contributed by atoms with Crippen LogP contribution < -0.4 is 5.32 Å². The van der Waals surface area contributed by atoms with Crippen molar-refractivity contribution < 1.29 is 9.53 Å². The van der Waals surface area contributed by atoms with Crippen LogP contribution in [-0.4, -0.2) is 43.1 Å². The molecule has 2 unspecified atom stereocenters. The first-order chi connectivity index (χ1) is 6.88. The van der Waals surface area contributed by atoms with Gasteiger partial charge in [-0.05, 0) is 12.8 Å². The molecule has 0 amide bonds. The SMILES string of the molecule is O=C(C1CCCOC1)C1CSCCN1. The van der Waals surface area contributed by atoms with Crippen LogP contribution in [0.15, 0.2) is 0 Å². The maximum atomic E-state index is 12.0. The molecule has 2 aliphatic heterocycles. The molecule has 2 atom stereocenters. The Hall–Kier alpha value is -0.0600. The van der Waals surface area contributed by atoms with Crippen molar-refractivity contribution in [3.05, 3.63) is 0 Å². The molecule has 0 saturated carbocycles. The van der Waals surface area contributed by atoms with Gasteiger partial charge in [0.05, 0.1) is 12.6 Å². The number of rotatable bonds is 2. The third-order valence-corrected chi connectivity index (χ3v) is 3.89. The van der Waals surface area contributed by atoms with E-state index in [1.807, 2.05) is 11.8 Å². The molecule has 0 aliphatic carbocycles. The number of carbonyl (C=O) groups is 1. The maximum Gasteiger partial charge on any atom is 0.155 e. The van der Waals surface area contributed by atoms with E-state index >= 15 is 0 Å². The summed E-state index contributed by atoms with van der Waals surface area (Å²) in [5.41, 5.74) is 0. The number of nitrogens with one attached hydrogen (secondary N) is 1. The van der Waals surface area contributed by atoms with Crippen molar-refractivity contribution in [1.82, 2.24) is 5.32 Å². The van der Waals surface area contributed by atoms with Gasteiger partial charge in [0.1, 0.15) is 0 Å². The van der Waals surface area contributed by atoms with Crippen LogP contribution in [0.5, 0.6) is 0 Å². The molecule has 0 radical (unpaired) electrons. The number of Topliss-reactive ketones (excluding diaryl/α,β-unsaturated/α-hetero) is 1. The van der Waals surface area contributed by atoms with E-state index in [1.165, 1.54) is 0 Å². The van der Waals surface area contributed by atoms with Crippen LogP contribution in [0, 0.1) is 5.92 Å². The fourth-order valence-corrected chi connectivity index (χ4v) is 2.94. The minimum absolute atomic E-state index is 0.0837. The van der Waals surface area contributed by atoms with Crippen LogP contribution in [0.1, 0.15) is 12.8 Å². The van der Waals surface area contributed by atoms with Crippen molar-refractivity contribution in [2.45, 2.75) is 18.9 Å². The van der Waals surface area contributed by atoms with Gasteiger partial charge in [0.15, 0.2) is 5.78 Å². The molecule has 2 saturated heterocycles. The minimum atomic E-state index is 0.0837. The molecular formula is C10H17NO2S. The molecule has 0 aromatic carbocycles. The van der Waals surface area contributed by atoms with Gasteiger partial charge < -0.3 is 10.1 Å². The highest BCUT2D eigenvalue weighted by Gasteiger charge is 2.29. The number of thioether (sulfide) groups is 1. The lowest BCUT2D eigenvalue weighted by Crippen LogP contribution is -2.47. The molecule has 14 heavy (non-hydrogen) atoms. The van der Waals surface area contributed by atoms with Crippen molar-refractivity contribution in [1.29, 1.82) is 0 Å². The lowest BCUT2D eigenvalue weighted by Gasteiger charge is -2.28. The molecule has 1 N–H and O–H groups in total. The summed E-state index contributed by atoms with van der Waals surface area (Å²) in [5.74, 6) is 2.59. The maximum absolute atomic E-state index is 12.0. The number of hydrogen-bond donors (Lipinski definition) is 1. The summed E-state index contributed by atoms with van der Waals surface area (Å²) in [7, 11) is 0. The predicted molar refractivity (Wildman–Crippen MR) is 57.7 cm³/mol. The molecular weight excluding hydrogens is 198 g/mol. The van der Waals surface area contributed by atoms with E-state index in [9.17, 15) is 4.79 Å². The Balaban J connectivity index is 1.85. The van der Waals surface area contributed by atoms with Crippen LogP contribution in [0.25, 0.3) is 0 Å². The Morgan fingerprint density at radius 2 is 2.43 bits per heavy atom. The second-order valence-electron chi connectivity index (χ2n) is 3.90. The van der Waals surface area contributed by atoms with Gasteiger partial charge in [-0.15, -0.1) is 0 Å². The molecule has 2 heterocycles. The fraction of sp³-hybridized carbons (Fsp3) is 0.900. The van der Waals surface area contributed by atoms with Crippen molar-refractivity contribution in [3.63, 3.8) is 0 Å². The lowest BCUT2D eigenvalue weighted by molar-refractivity contribution is -0.128. The summed E-state index contributed by atoms with van der Waals surface area (Å²) >= 11 is 1.87. The number of ether oxygens (including phenoxy) is 1. The third kappa shape index (κ3) is 2.49. The molecule has 0 spiro atoms. The summed E-state index contributed by atoms with van der Waals surface area (Å²) in [6.07, 6.45) is 2.05. The van der Waals surface area contributed by atoms with Gasteiger partial charge in [0, 0.05) is 30.6 Å². The first-order valence-electron chi connectivity index (χ1n) is 5.30. The Kier molecular flexibility index (Phi) is 3.84. The van der Waals surface area contributed by atoms with Crippen molar-refractivity contribution in [3.8, 4) is 0 Å². The fourth-order valence-electron chi connectivity index (χ4n) is 2.00. The molecule has 2 rings (SSSR count). The molecule has 80 valence electrons. The van der Waals surface area contributed by atoms with E-state index in [1.54, 1.807) is 0 Å². The zero-order valence-corrected chi connectivity index (χ0v) is 9.15. The van der Waals surface area contributed by atoms with Gasteiger partial charge in [-0.3, -0.25) is 4.79 Å². The topological polar surface area (TPSA) is 38.3 Å². The van der Waals surface area contributed by atoms with E-state index in [0.717, 1.165) is 37.5 Å². The highest BCUT2D eigenvalue weighted by molar-refractivity contribution is 7.99. The van der Waals surface area contributed by atoms with Crippen LogP contribution in [0.4, 0.5) is 0 Å². The summed E-state index contributed by atoms with van der Waals surface area (Å²) in [4.78, 5) is 12.0. The van der Waals surface area contributed by atoms with E-state index in [4.69, 9.17) is 4.74 Å². The summed E-state index contributed by atoms with van der Waals surface area (Å²) in [6, 6.07) is 0.0837. The Morgan fingerprint density at radius 1 is 1.50 bits per heavy atom. The summed E-state index contributed by atoms with van der Waals surface area (Å²) in [6.45, 7) is 2.44. The average Bonchev–Trinajstić information content (AvgIpc) is 2.30. The quantitative estimate of drug-likeness (QED) is 0.735. The normalized spacial score (nSPS) is 34.0. The molecule has 2 aliphatic rings. The highest BCUT2D eigenvalue weighted by atomic mass is 32.2. The zero-order chi connectivity index (χ0) is 9.80. The summed E-state index contributed by atoms with van der Waals surface area (Å²) < 4.78 is 5.34. The van der Waals surface area contributed by atoms with Crippen LogP contribution in [0.2, 0.25) is 0 Å². The van der Waals surface area contributed by atoms with E-state index in [2.05, 4.69) is 5.32 Å². The van der Waals surface area contributed by atoms with E-state index in [0.29, 0.717) is 12.4 Å². The van der Waals surface area contributed by atoms with Gasteiger partial charge >= 0.3 is 0 Å². The van der Waals surface area contributed by atoms with Gasteiger partial charge in [-0.25, -0.2) is 0 Å². The van der Waals surface area contributed by atoms with Crippen molar-refractivity contribution >= 4 is 17.5 Å². The molecule has 2 fully saturated rings. The molecule has 4 heteroatoms. The van der Waals surface area contributed by atoms with Crippen LogP contribution in [-0.2, 0) is 9.53 Å². The van der Waals surface area contributed by atoms with Crippen molar-refractivity contribution in [2.75, 3.05) is 31.3 Å². The van der Waals surface area contributed by atoms with Crippen molar-refractivity contribution in [2.24, 2.45) is 5.92 Å². The molecule has 3 nitrogen and oxygen atoms in total. The van der Waals surface area contributed by atoms with Crippen LogP contribution in [0.3, 0.4) is 0 Å². The standard InChI is InChI=1S/C10H17NO2S/c12-10(8-2-1-4-13-6-8)9-7-14-5-3-11-9/h8-9,11H,1-7H2. The predicted octanol–water partition coefficient (Wildman–Crippen LogP) is 0.687. The zero-order valence-electron chi connectivity index (χ0n) is 8.33. The monoisotopic (exact) mass is 215 g/mol. The molecule has 0 aromatic rings. The van der Waals surface area contributed by atoms with Gasteiger partial charge in [0.25, 0.3) is 0 Å². The van der Waals surface area contributed by atoms with E-state index in [-0.39, 0.29) is 12.0 Å². The largest absolute Gasteiger partial charge is 0.381 e. The number of hydrogen-bond acceptors (Lipinski definition) is 4. The third-order valence-electron chi connectivity index (χ3n) is 2.83. The average molecular weight is 215 g/mol. The second kappa shape index (κ2) is 5.14. The summed E-state index contributed by atoms with van der Waals surface area (Å²) in [5, 5.41) is 3.29. The molecule has 0 bridgehead atoms. The first kappa shape index (κ1) is 10.5. The number of ketones is 1. The Bertz CT molecular complexity index is 178. The van der Waals surface area contributed by atoms with E-state index < -0.39 is 0 Å². The smallest absolute Gasteiger partial charge is 0.155 e. The molecule has 0 aromatic heterocycles. The minimum Gasteiger partial charge on any atom is -0.381 e. The Labute approximate surface area is 89.0 Å².